The van der Waals surface area contributed by atoms with Gasteiger partial charge in [0.2, 0.25) is 0 Å². The Morgan fingerprint density at radius 3 is 2.00 bits per heavy atom. The van der Waals surface area contributed by atoms with Crippen LogP contribution in [0.3, 0.4) is 0 Å². The highest BCUT2D eigenvalue weighted by atomic mass is 15.2. The molecule has 0 amide bonds. The van der Waals surface area contributed by atoms with E-state index in [9.17, 15) is 0 Å². The lowest BCUT2D eigenvalue weighted by atomic mass is 10.1. The molecule has 2 unspecified atom stereocenters. The molecule has 2 bridgehead atoms. The maximum atomic E-state index is 2.50. The van der Waals surface area contributed by atoms with E-state index in [1.54, 1.807) is 0 Å². The summed E-state index contributed by atoms with van der Waals surface area (Å²) in [5, 5.41) is 0. The zero-order valence-electron chi connectivity index (χ0n) is 4.72. The Morgan fingerprint density at radius 2 is 1.86 bits per heavy atom. The second-order valence-corrected chi connectivity index (χ2v) is 2.79. The van der Waals surface area contributed by atoms with Crippen LogP contribution in [0, 0.1) is 0 Å². The van der Waals surface area contributed by atoms with Gasteiger partial charge in [-0.15, -0.1) is 0 Å². The fraction of sp³-hybridized carbons (Fsp3) is 1.00. The predicted octanol–water partition coefficient (Wildman–Crippen LogP) is 0.853. The molecule has 1 heteroatoms. The first-order chi connectivity index (χ1) is 3.38. The predicted molar refractivity (Wildman–Crippen MR) is 29.2 cm³/mol. The summed E-state index contributed by atoms with van der Waals surface area (Å²) in [7, 11) is 2.24. The largest absolute Gasteiger partial charge is 0.300 e. The summed E-state index contributed by atoms with van der Waals surface area (Å²) in [4.78, 5) is 2.50. The lowest BCUT2D eigenvalue weighted by Crippen LogP contribution is -2.44. The Hall–Kier alpha value is -0.0400. The molecular formula is C6H11N. The number of rotatable bonds is 0. The van der Waals surface area contributed by atoms with Crippen molar-refractivity contribution >= 4 is 0 Å². The molecule has 2 atom stereocenters. The fourth-order valence-corrected chi connectivity index (χ4v) is 1.83. The third kappa shape index (κ3) is 0.325. The Bertz CT molecular complexity index is 76.2. The Labute approximate surface area is 44.3 Å². The van der Waals surface area contributed by atoms with Gasteiger partial charge in [-0.3, -0.25) is 0 Å². The van der Waals surface area contributed by atoms with Crippen molar-refractivity contribution in [1.29, 1.82) is 0 Å². The van der Waals surface area contributed by atoms with Gasteiger partial charge in [-0.2, -0.15) is 0 Å². The van der Waals surface area contributed by atoms with E-state index in [2.05, 4.69) is 11.9 Å². The third-order valence-electron chi connectivity index (χ3n) is 2.53. The van der Waals surface area contributed by atoms with Crippen LogP contribution in [0.2, 0.25) is 0 Å². The minimum absolute atomic E-state index is 0.991. The van der Waals surface area contributed by atoms with E-state index in [-0.39, 0.29) is 0 Å². The summed E-state index contributed by atoms with van der Waals surface area (Å²) in [6.07, 6.45) is 4.44. The van der Waals surface area contributed by atoms with Crippen molar-refractivity contribution in [3.05, 3.63) is 0 Å². The van der Waals surface area contributed by atoms with E-state index in [1.807, 2.05) is 0 Å². The zero-order chi connectivity index (χ0) is 4.85. The van der Waals surface area contributed by atoms with Gasteiger partial charge >= 0.3 is 0 Å². The van der Waals surface area contributed by atoms with Gasteiger partial charge in [-0.05, 0) is 26.3 Å². The first-order valence-corrected chi connectivity index (χ1v) is 3.10. The molecule has 3 fully saturated rings. The highest BCUT2D eigenvalue weighted by Crippen LogP contribution is 2.38. The van der Waals surface area contributed by atoms with Crippen LogP contribution in [0.15, 0.2) is 0 Å². The van der Waals surface area contributed by atoms with Crippen molar-refractivity contribution in [3.63, 3.8) is 0 Å². The van der Waals surface area contributed by atoms with Crippen molar-refractivity contribution in [2.24, 2.45) is 0 Å². The molecule has 0 spiro atoms. The maximum Gasteiger partial charge on any atom is 0.0111 e. The smallest absolute Gasteiger partial charge is 0.0111 e. The van der Waals surface area contributed by atoms with E-state index in [4.69, 9.17) is 0 Å². The summed E-state index contributed by atoms with van der Waals surface area (Å²) in [5.74, 6) is 0. The van der Waals surface area contributed by atoms with Gasteiger partial charge in [0.05, 0.1) is 0 Å². The molecule has 0 aromatic carbocycles. The zero-order valence-corrected chi connectivity index (χ0v) is 4.72. The van der Waals surface area contributed by atoms with Crippen molar-refractivity contribution in [2.75, 3.05) is 7.05 Å². The molecule has 0 aromatic rings. The van der Waals surface area contributed by atoms with Crippen molar-refractivity contribution in [2.45, 2.75) is 31.3 Å². The number of hydrogen-bond donors (Lipinski definition) is 0. The van der Waals surface area contributed by atoms with Crippen LogP contribution >= 0.6 is 0 Å². The SMILES string of the molecule is CN1C2CCC1C2. The van der Waals surface area contributed by atoms with Crippen LogP contribution in [0.4, 0.5) is 0 Å². The van der Waals surface area contributed by atoms with Gasteiger partial charge in [0.25, 0.3) is 0 Å². The Morgan fingerprint density at radius 1 is 1.29 bits per heavy atom. The van der Waals surface area contributed by atoms with Gasteiger partial charge < -0.3 is 4.90 Å². The summed E-state index contributed by atoms with van der Waals surface area (Å²) < 4.78 is 0. The average Bonchev–Trinajstić information content (AvgIpc) is 2.18. The second-order valence-electron chi connectivity index (χ2n) is 2.79. The van der Waals surface area contributed by atoms with E-state index < -0.39 is 0 Å². The fourth-order valence-electron chi connectivity index (χ4n) is 1.83. The Balaban J connectivity index is 2.14. The average molecular weight is 97.2 g/mol. The molecule has 40 valence electrons. The molecule has 2 heterocycles. The van der Waals surface area contributed by atoms with Crippen LogP contribution in [-0.4, -0.2) is 24.0 Å². The highest BCUT2D eigenvalue weighted by molar-refractivity contribution is 4.97. The van der Waals surface area contributed by atoms with Crippen LogP contribution in [-0.2, 0) is 0 Å². The van der Waals surface area contributed by atoms with E-state index in [0.717, 1.165) is 12.1 Å². The van der Waals surface area contributed by atoms with Crippen LogP contribution in [0.25, 0.3) is 0 Å². The molecule has 3 aliphatic rings. The number of fused-ring (bicyclic) bond motifs is 1. The van der Waals surface area contributed by atoms with E-state index in [1.165, 1.54) is 19.3 Å². The molecule has 1 saturated carbocycles. The van der Waals surface area contributed by atoms with Crippen LogP contribution in [0.1, 0.15) is 19.3 Å². The summed E-state index contributed by atoms with van der Waals surface area (Å²) >= 11 is 0. The molecular weight excluding hydrogens is 86.1 g/mol. The van der Waals surface area contributed by atoms with E-state index in [0.29, 0.717) is 0 Å². The molecule has 0 aromatic heterocycles. The third-order valence-corrected chi connectivity index (χ3v) is 2.53. The van der Waals surface area contributed by atoms with Crippen LogP contribution in [0.5, 0.6) is 0 Å². The quantitative estimate of drug-likeness (QED) is 0.433. The molecule has 2 saturated heterocycles. The maximum absolute atomic E-state index is 2.50. The molecule has 0 radical (unpaired) electrons. The molecule has 2 aliphatic heterocycles. The minimum atomic E-state index is 0.991. The molecule has 3 rings (SSSR count). The molecule has 7 heavy (non-hydrogen) atoms. The standard InChI is InChI=1S/C6H11N/c1-7-5-2-3-6(7)4-5/h5-6H,2-4H2,1H3. The second kappa shape index (κ2) is 1.03. The van der Waals surface area contributed by atoms with Gasteiger partial charge in [-0.25, -0.2) is 0 Å². The summed E-state index contributed by atoms with van der Waals surface area (Å²) in [6, 6.07) is 1.98. The number of hydrogen-bond acceptors (Lipinski definition) is 1. The lowest BCUT2D eigenvalue weighted by molar-refractivity contribution is 0.115. The first kappa shape index (κ1) is 3.90. The normalized spacial score (nSPS) is 49.3. The van der Waals surface area contributed by atoms with Crippen molar-refractivity contribution < 1.29 is 0 Å². The van der Waals surface area contributed by atoms with Crippen LogP contribution < -0.4 is 0 Å². The molecule has 1 aliphatic carbocycles. The van der Waals surface area contributed by atoms with E-state index >= 15 is 0 Å². The first-order valence-electron chi connectivity index (χ1n) is 3.10. The molecule has 0 N–H and O–H groups in total. The summed E-state index contributed by atoms with van der Waals surface area (Å²) in [5.41, 5.74) is 0. The highest BCUT2D eigenvalue weighted by Gasteiger charge is 2.41. The number of nitrogens with zero attached hydrogens (tertiary/aromatic N) is 1. The van der Waals surface area contributed by atoms with Gasteiger partial charge in [0, 0.05) is 12.1 Å². The monoisotopic (exact) mass is 97.1 g/mol. The van der Waals surface area contributed by atoms with Crippen molar-refractivity contribution in [3.8, 4) is 0 Å². The van der Waals surface area contributed by atoms with Gasteiger partial charge in [0.1, 0.15) is 0 Å². The lowest BCUT2D eigenvalue weighted by Gasteiger charge is -2.36. The molecule has 1 nitrogen and oxygen atoms in total. The van der Waals surface area contributed by atoms with Gasteiger partial charge in [0.15, 0.2) is 0 Å². The topological polar surface area (TPSA) is 3.24 Å². The van der Waals surface area contributed by atoms with Crippen molar-refractivity contribution in [1.82, 2.24) is 4.90 Å². The Kier molecular flexibility index (Phi) is 0.571. The van der Waals surface area contributed by atoms with Gasteiger partial charge in [-0.1, -0.05) is 0 Å². The minimum Gasteiger partial charge on any atom is -0.300 e. The summed E-state index contributed by atoms with van der Waals surface area (Å²) in [6.45, 7) is 0.